The highest BCUT2D eigenvalue weighted by Gasteiger charge is 2.13. The maximum absolute atomic E-state index is 13.2. The summed E-state index contributed by atoms with van der Waals surface area (Å²) in [6, 6.07) is 7.44. The normalized spacial score (nSPS) is 10.5. The summed E-state index contributed by atoms with van der Waals surface area (Å²) < 4.78 is 19.0. The van der Waals surface area contributed by atoms with Gasteiger partial charge in [-0.25, -0.2) is 9.37 Å². The van der Waals surface area contributed by atoms with Crippen LogP contribution in [0.1, 0.15) is 21.8 Å². The highest BCUT2D eigenvalue weighted by molar-refractivity contribution is 9.10. The molecular weight excluding hydrogens is 425 g/mol. The van der Waals surface area contributed by atoms with Gasteiger partial charge in [0.25, 0.3) is 5.91 Å². The van der Waals surface area contributed by atoms with Crippen molar-refractivity contribution < 1.29 is 18.4 Å². The summed E-state index contributed by atoms with van der Waals surface area (Å²) in [5, 5.41) is 7.39. The van der Waals surface area contributed by atoms with Gasteiger partial charge in [-0.15, -0.1) is 11.3 Å². The van der Waals surface area contributed by atoms with Crippen molar-refractivity contribution >= 4 is 44.2 Å². The Balaban J connectivity index is 1.53. The Kier molecular flexibility index (Phi) is 5.79. The second-order valence-electron chi connectivity index (χ2n) is 5.26. The molecule has 0 unspecified atom stereocenters. The number of amides is 2. The first-order chi connectivity index (χ1) is 12.5. The van der Waals surface area contributed by atoms with Gasteiger partial charge in [0.05, 0.1) is 18.4 Å². The van der Waals surface area contributed by atoms with Gasteiger partial charge in [-0.1, -0.05) is 15.9 Å². The van der Waals surface area contributed by atoms with Gasteiger partial charge >= 0.3 is 0 Å². The molecule has 0 saturated carbocycles. The van der Waals surface area contributed by atoms with Crippen LogP contribution in [0.3, 0.4) is 0 Å². The number of benzene rings is 1. The minimum absolute atomic E-state index is 0.0556. The predicted molar refractivity (Wildman–Crippen MR) is 98.4 cm³/mol. The van der Waals surface area contributed by atoms with E-state index in [-0.39, 0.29) is 30.5 Å². The quantitative estimate of drug-likeness (QED) is 0.614. The van der Waals surface area contributed by atoms with Crippen LogP contribution < -0.4 is 10.6 Å². The van der Waals surface area contributed by atoms with Gasteiger partial charge in [-0.3, -0.25) is 14.9 Å². The van der Waals surface area contributed by atoms with Gasteiger partial charge in [0.1, 0.15) is 5.82 Å². The molecule has 3 rings (SSSR count). The Hall–Kier alpha value is -2.52. The Labute approximate surface area is 160 Å². The molecule has 26 heavy (non-hydrogen) atoms. The summed E-state index contributed by atoms with van der Waals surface area (Å²) in [6.45, 7) is 0.198. The molecule has 134 valence electrons. The molecule has 3 aromatic rings. The minimum Gasteiger partial charge on any atom is -0.459 e. The van der Waals surface area contributed by atoms with E-state index < -0.39 is 5.91 Å². The van der Waals surface area contributed by atoms with Crippen molar-refractivity contribution in [1.29, 1.82) is 0 Å². The van der Waals surface area contributed by atoms with Crippen molar-refractivity contribution in [3.63, 3.8) is 0 Å². The minimum atomic E-state index is -0.406. The Morgan fingerprint density at radius 1 is 1.31 bits per heavy atom. The maximum atomic E-state index is 13.2. The third kappa shape index (κ3) is 4.77. The molecule has 0 aliphatic carbocycles. The Morgan fingerprint density at radius 3 is 2.92 bits per heavy atom. The molecular formula is C17H13BrFN3O3S. The first kappa shape index (κ1) is 18.3. The summed E-state index contributed by atoms with van der Waals surface area (Å²) in [4.78, 5) is 28.1. The summed E-state index contributed by atoms with van der Waals surface area (Å²) in [7, 11) is 0. The molecule has 0 atom stereocenters. The lowest BCUT2D eigenvalue weighted by molar-refractivity contribution is -0.120. The predicted octanol–water partition coefficient (Wildman–Crippen LogP) is 3.75. The Morgan fingerprint density at radius 2 is 2.15 bits per heavy atom. The number of nitrogens with one attached hydrogen (secondary N) is 2. The zero-order valence-corrected chi connectivity index (χ0v) is 15.7. The molecule has 0 fully saturated rings. The molecule has 0 bridgehead atoms. The molecule has 2 N–H and O–H groups in total. The van der Waals surface area contributed by atoms with Crippen LogP contribution in [-0.4, -0.2) is 16.8 Å². The monoisotopic (exact) mass is 437 g/mol. The van der Waals surface area contributed by atoms with Gasteiger partial charge in [0.2, 0.25) is 5.91 Å². The molecule has 2 heterocycles. The second-order valence-corrected chi connectivity index (χ2v) is 6.98. The van der Waals surface area contributed by atoms with E-state index in [0.717, 1.165) is 4.47 Å². The van der Waals surface area contributed by atoms with Gasteiger partial charge < -0.3 is 9.73 Å². The van der Waals surface area contributed by atoms with E-state index in [4.69, 9.17) is 4.42 Å². The first-order valence-electron chi connectivity index (χ1n) is 7.51. The van der Waals surface area contributed by atoms with Crippen LogP contribution in [0.4, 0.5) is 9.52 Å². The third-order valence-electron chi connectivity index (χ3n) is 3.34. The van der Waals surface area contributed by atoms with Crippen LogP contribution in [0, 0.1) is 5.82 Å². The van der Waals surface area contributed by atoms with E-state index in [1.807, 2.05) is 0 Å². The van der Waals surface area contributed by atoms with E-state index in [9.17, 15) is 14.0 Å². The number of aromatic nitrogens is 1. The van der Waals surface area contributed by atoms with Crippen LogP contribution in [0.15, 0.2) is 50.9 Å². The second kappa shape index (κ2) is 8.24. The smallest absolute Gasteiger partial charge is 0.293 e. The van der Waals surface area contributed by atoms with Gasteiger partial charge in [-0.2, -0.15) is 0 Å². The topological polar surface area (TPSA) is 84.2 Å². The summed E-state index contributed by atoms with van der Waals surface area (Å²) in [5.41, 5.74) is 1.17. The zero-order valence-electron chi connectivity index (χ0n) is 13.3. The van der Waals surface area contributed by atoms with E-state index in [0.29, 0.717) is 16.4 Å². The molecule has 0 aliphatic heterocycles. The lowest BCUT2D eigenvalue weighted by atomic mass is 10.2. The van der Waals surface area contributed by atoms with Crippen molar-refractivity contribution in [3.05, 3.63) is 69.3 Å². The van der Waals surface area contributed by atoms with Gasteiger partial charge in [-0.05, 0) is 35.9 Å². The van der Waals surface area contributed by atoms with Crippen LogP contribution in [0.2, 0.25) is 0 Å². The molecule has 6 nitrogen and oxygen atoms in total. The Bertz CT molecular complexity index is 927. The fraction of sp³-hybridized carbons (Fsp3) is 0.118. The summed E-state index contributed by atoms with van der Waals surface area (Å²) in [5.74, 6) is -0.847. The largest absolute Gasteiger partial charge is 0.459 e. The average Bonchev–Trinajstić information content (AvgIpc) is 3.28. The number of nitrogens with zero attached hydrogens (tertiary/aromatic N) is 1. The molecule has 0 aliphatic rings. The van der Waals surface area contributed by atoms with E-state index in [1.54, 1.807) is 23.6 Å². The number of thiazole rings is 1. The number of hydrogen-bond acceptors (Lipinski definition) is 5. The van der Waals surface area contributed by atoms with Crippen molar-refractivity contribution in [3.8, 4) is 0 Å². The molecule has 9 heteroatoms. The SMILES string of the molecule is O=C(Cc1csc(NC(=O)c2ccco2)n1)NCc1cc(F)ccc1Br. The molecule has 2 aromatic heterocycles. The van der Waals surface area contributed by atoms with Crippen LogP contribution in [0.25, 0.3) is 0 Å². The standard InChI is InChI=1S/C17H13BrFN3O3S/c18-13-4-3-11(19)6-10(13)8-20-15(23)7-12-9-26-17(21-12)22-16(24)14-2-1-5-25-14/h1-6,9H,7-8H2,(H,20,23)(H,21,22,24). The number of carbonyl (C=O) groups is 2. The van der Waals surface area contributed by atoms with E-state index in [2.05, 4.69) is 31.5 Å². The zero-order chi connectivity index (χ0) is 18.5. The molecule has 0 saturated heterocycles. The number of halogens is 2. The van der Waals surface area contributed by atoms with Crippen molar-refractivity contribution in [2.45, 2.75) is 13.0 Å². The molecule has 1 aromatic carbocycles. The van der Waals surface area contributed by atoms with Crippen molar-refractivity contribution in [2.24, 2.45) is 0 Å². The van der Waals surface area contributed by atoms with Gasteiger partial charge in [0, 0.05) is 16.4 Å². The number of carbonyl (C=O) groups excluding carboxylic acids is 2. The molecule has 0 radical (unpaired) electrons. The van der Waals surface area contributed by atoms with Gasteiger partial charge in [0.15, 0.2) is 10.9 Å². The molecule has 2 amide bonds. The maximum Gasteiger partial charge on any atom is 0.293 e. The van der Waals surface area contributed by atoms with Crippen LogP contribution >= 0.6 is 27.3 Å². The summed E-state index contributed by atoms with van der Waals surface area (Å²) in [6.07, 6.45) is 1.46. The lowest BCUT2D eigenvalue weighted by Gasteiger charge is -2.06. The number of furan rings is 1. The highest BCUT2D eigenvalue weighted by atomic mass is 79.9. The van der Waals surface area contributed by atoms with Crippen LogP contribution in [-0.2, 0) is 17.8 Å². The fourth-order valence-electron chi connectivity index (χ4n) is 2.11. The number of rotatable bonds is 6. The van der Waals surface area contributed by atoms with E-state index in [1.165, 1.54) is 29.7 Å². The average molecular weight is 438 g/mol. The number of hydrogen-bond donors (Lipinski definition) is 2. The molecule has 0 spiro atoms. The first-order valence-corrected chi connectivity index (χ1v) is 9.18. The summed E-state index contributed by atoms with van der Waals surface area (Å²) >= 11 is 4.53. The van der Waals surface area contributed by atoms with Crippen LogP contribution in [0.5, 0.6) is 0 Å². The van der Waals surface area contributed by atoms with Crippen molar-refractivity contribution in [1.82, 2.24) is 10.3 Å². The third-order valence-corrected chi connectivity index (χ3v) is 4.92. The number of anilines is 1. The van der Waals surface area contributed by atoms with E-state index >= 15 is 0 Å². The lowest BCUT2D eigenvalue weighted by Crippen LogP contribution is -2.25. The van der Waals surface area contributed by atoms with Crippen molar-refractivity contribution in [2.75, 3.05) is 5.32 Å². The highest BCUT2D eigenvalue weighted by Crippen LogP contribution is 2.19. The fourth-order valence-corrected chi connectivity index (χ4v) is 3.20.